The lowest BCUT2D eigenvalue weighted by atomic mass is 10.2. The maximum Gasteiger partial charge on any atom is 0.362 e. The molecule has 0 aromatic rings. The van der Waals surface area contributed by atoms with Gasteiger partial charge in [0.15, 0.2) is 6.04 Å². The summed E-state index contributed by atoms with van der Waals surface area (Å²) in [6.07, 6.45) is 3.00. The van der Waals surface area contributed by atoms with Crippen LogP contribution in [0.15, 0.2) is 12.7 Å². The van der Waals surface area contributed by atoms with Crippen molar-refractivity contribution in [3.63, 3.8) is 0 Å². The highest BCUT2D eigenvalue weighted by Crippen LogP contribution is 1.91. The summed E-state index contributed by atoms with van der Waals surface area (Å²) in [7, 11) is 0. The Morgan fingerprint density at radius 3 is 2.78 bits per heavy atom. The van der Waals surface area contributed by atoms with Crippen molar-refractivity contribution in [2.24, 2.45) is 0 Å². The van der Waals surface area contributed by atoms with Crippen LogP contribution in [0.2, 0.25) is 0 Å². The van der Waals surface area contributed by atoms with Crippen LogP contribution in [0.5, 0.6) is 0 Å². The zero-order valence-corrected chi connectivity index (χ0v) is 5.34. The minimum Gasteiger partial charge on any atom is -0.477 e. The molecule has 0 spiro atoms. The van der Waals surface area contributed by atoms with E-state index in [4.69, 9.17) is 5.11 Å². The van der Waals surface area contributed by atoms with Gasteiger partial charge in [-0.3, -0.25) is 0 Å². The molecule has 0 radical (unpaired) electrons. The molecule has 3 nitrogen and oxygen atoms in total. The Morgan fingerprint density at radius 2 is 2.44 bits per heavy atom. The Morgan fingerprint density at radius 1 is 1.89 bits per heavy atom. The zero-order valence-electron chi connectivity index (χ0n) is 5.34. The number of hydrogen-bond acceptors (Lipinski definition) is 1. The Labute approximate surface area is 54.2 Å². The summed E-state index contributed by atoms with van der Waals surface area (Å²) in [5.74, 6) is -0.836. The highest BCUT2D eigenvalue weighted by Gasteiger charge is 2.12. The first-order valence-electron chi connectivity index (χ1n) is 2.85. The van der Waals surface area contributed by atoms with Crippen molar-refractivity contribution in [2.45, 2.75) is 18.9 Å². The summed E-state index contributed by atoms with van der Waals surface area (Å²) in [4.78, 5) is 10.1. The van der Waals surface area contributed by atoms with Gasteiger partial charge in [-0.25, -0.2) is 4.79 Å². The SMILES string of the molecule is C=CCCC([NH3+])C(=O)O. The minimum absolute atomic E-state index is 0.483. The van der Waals surface area contributed by atoms with Crippen molar-refractivity contribution in [1.29, 1.82) is 0 Å². The Kier molecular flexibility index (Phi) is 3.71. The van der Waals surface area contributed by atoms with Crippen molar-refractivity contribution < 1.29 is 15.6 Å². The second-order valence-electron chi connectivity index (χ2n) is 1.90. The van der Waals surface area contributed by atoms with Crippen molar-refractivity contribution in [3.05, 3.63) is 12.7 Å². The molecule has 1 atom stereocenters. The van der Waals surface area contributed by atoms with E-state index in [9.17, 15) is 4.79 Å². The predicted octanol–water partition coefficient (Wildman–Crippen LogP) is -0.352. The van der Waals surface area contributed by atoms with Crippen LogP contribution in [0.3, 0.4) is 0 Å². The molecule has 4 N–H and O–H groups in total. The van der Waals surface area contributed by atoms with Crippen LogP contribution >= 0.6 is 0 Å². The smallest absolute Gasteiger partial charge is 0.362 e. The Bertz CT molecular complexity index is 112. The fourth-order valence-corrected chi connectivity index (χ4v) is 0.443. The fraction of sp³-hybridized carbons (Fsp3) is 0.500. The topological polar surface area (TPSA) is 64.9 Å². The van der Waals surface area contributed by atoms with Gasteiger partial charge in [-0.1, -0.05) is 6.08 Å². The molecule has 0 amide bonds. The molecule has 0 aliphatic heterocycles. The summed E-state index contributed by atoms with van der Waals surface area (Å²) in [5, 5.41) is 8.31. The van der Waals surface area contributed by atoms with Crippen LogP contribution in [-0.2, 0) is 4.79 Å². The number of allylic oxidation sites excluding steroid dienone is 1. The summed E-state index contributed by atoms with van der Waals surface area (Å²) in [5.41, 5.74) is 3.43. The van der Waals surface area contributed by atoms with E-state index in [1.54, 1.807) is 6.08 Å². The molecule has 52 valence electrons. The molecule has 0 aromatic heterocycles. The van der Waals surface area contributed by atoms with Crippen LogP contribution in [0.1, 0.15) is 12.8 Å². The maximum absolute atomic E-state index is 10.1. The average Bonchev–Trinajstić information content (AvgIpc) is 1.82. The van der Waals surface area contributed by atoms with E-state index >= 15 is 0 Å². The molecule has 0 saturated carbocycles. The summed E-state index contributed by atoms with van der Waals surface area (Å²) < 4.78 is 0. The van der Waals surface area contributed by atoms with E-state index < -0.39 is 12.0 Å². The van der Waals surface area contributed by atoms with Gasteiger partial charge in [0.25, 0.3) is 0 Å². The molecular formula is C6H12NO2+. The van der Waals surface area contributed by atoms with Crippen molar-refractivity contribution >= 4 is 5.97 Å². The lowest BCUT2D eigenvalue weighted by molar-refractivity contribution is -0.408. The Balaban J connectivity index is 3.37. The number of carboxylic acid groups (broad SMARTS) is 1. The van der Waals surface area contributed by atoms with E-state index in [2.05, 4.69) is 12.3 Å². The van der Waals surface area contributed by atoms with Gasteiger partial charge in [-0.2, -0.15) is 0 Å². The average molecular weight is 130 g/mol. The number of aliphatic carboxylic acids is 1. The number of hydrogen-bond donors (Lipinski definition) is 2. The highest BCUT2D eigenvalue weighted by molar-refractivity contribution is 5.71. The number of rotatable bonds is 4. The number of carbonyl (C=O) groups is 1. The number of quaternary nitrogens is 1. The van der Waals surface area contributed by atoms with Gasteiger partial charge in [0.2, 0.25) is 0 Å². The summed E-state index contributed by atoms with van der Waals surface area (Å²) in [6, 6.07) is -0.483. The first-order chi connectivity index (χ1) is 4.18. The quantitative estimate of drug-likeness (QED) is 0.511. The standard InChI is InChI=1S/C6H11NO2/c1-2-3-4-5(7)6(8)9/h2,5H,1,3-4,7H2,(H,8,9)/p+1. The minimum atomic E-state index is -0.836. The summed E-state index contributed by atoms with van der Waals surface area (Å²) >= 11 is 0. The van der Waals surface area contributed by atoms with E-state index in [-0.39, 0.29) is 0 Å². The van der Waals surface area contributed by atoms with Crippen LogP contribution in [0.25, 0.3) is 0 Å². The zero-order chi connectivity index (χ0) is 7.28. The van der Waals surface area contributed by atoms with Crippen LogP contribution in [-0.4, -0.2) is 17.1 Å². The third-order valence-corrected chi connectivity index (χ3v) is 1.07. The van der Waals surface area contributed by atoms with Gasteiger partial charge in [0.1, 0.15) is 0 Å². The normalized spacial score (nSPS) is 12.6. The molecule has 0 fully saturated rings. The van der Waals surface area contributed by atoms with E-state index in [1.807, 2.05) is 0 Å². The molecule has 0 aliphatic carbocycles. The van der Waals surface area contributed by atoms with Gasteiger partial charge in [-0.15, -0.1) is 6.58 Å². The predicted molar refractivity (Wildman–Crippen MR) is 33.7 cm³/mol. The molecule has 3 heteroatoms. The maximum atomic E-state index is 10.1. The van der Waals surface area contributed by atoms with Crippen molar-refractivity contribution in [1.82, 2.24) is 0 Å². The first kappa shape index (κ1) is 8.17. The molecule has 0 bridgehead atoms. The van der Waals surface area contributed by atoms with E-state index in [0.717, 1.165) is 6.42 Å². The second kappa shape index (κ2) is 4.09. The van der Waals surface area contributed by atoms with E-state index in [1.165, 1.54) is 0 Å². The molecule has 9 heavy (non-hydrogen) atoms. The largest absolute Gasteiger partial charge is 0.477 e. The lowest BCUT2D eigenvalue weighted by Crippen LogP contribution is -2.64. The Hall–Kier alpha value is -0.830. The molecule has 0 aromatic carbocycles. The van der Waals surface area contributed by atoms with Crippen LogP contribution in [0.4, 0.5) is 0 Å². The van der Waals surface area contributed by atoms with Gasteiger partial charge in [0, 0.05) is 6.42 Å². The van der Waals surface area contributed by atoms with Gasteiger partial charge >= 0.3 is 5.97 Å². The molecule has 1 unspecified atom stereocenters. The van der Waals surface area contributed by atoms with E-state index in [0.29, 0.717) is 6.42 Å². The van der Waals surface area contributed by atoms with Gasteiger partial charge in [-0.05, 0) is 6.42 Å². The van der Waals surface area contributed by atoms with Crippen LogP contribution in [0, 0.1) is 0 Å². The van der Waals surface area contributed by atoms with Crippen LogP contribution < -0.4 is 5.73 Å². The fourth-order valence-electron chi connectivity index (χ4n) is 0.443. The molecular weight excluding hydrogens is 118 g/mol. The molecule has 0 aliphatic rings. The van der Waals surface area contributed by atoms with Crippen molar-refractivity contribution in [2.75, 3.05) is 0 Å². The highest BCUT2D eigenvalue weighted by atomic mass is 16.4. The third kappa shape index (κ3) is 3.73. The second-order valence-corrected chi connectivity index (χ2v) is 1.90. The molecule has 0 heterocycles. The monoisotopic (exact) mass is 130 g/mol. The first-order valence-corrected chi connectivity index (χ1v) is 2.85. The number of carboxylic acids is 1. The third-order valence-electron chi connectivity index (χ3n) is 1.07. The summed E-state index contributed by atoms with van der Waals surface area (Å²) in [6.45, 7) is 3.47. The van der Waals surface area contributed by atoms with Crippen molar-refractivity contribution in [3.8, 4) is 0 Å². The van der Waals surface area contributed by atoms with Gasteiger partial charge < -0.3 is 10.8 Å². The van der Waals surface area contributed by atoms with Gasteiger partial charge in [0.05, 0.1) is 0 Å². The molecule has 0 saturated heterocycles. The molecule has 0 rings (SSSR count). The lowest BCUT2D eigenvalue weighted by Gasteiger charge is -1.97.